The smallest absolute Gasteiger partial charge is 0.410 e. The number of ether oxygens (including phenoxy) is 4. The van der Waals surface area contributed by atoms with Crippen LogP contribution in [0.4, 0.5) is 9.18 Å². The molecule has 0 N–H and O–H groups in total. The van der Waals surface area contributed by atoms with Crippen molar-refractivity contribution in [1.82, 2.24) is 14.7 Å². The van der Waals surface area contributed by atoms with Gasteiger partial charge in [-0.05, 0) is 115 Å². The summed E-state index contributed by atoms with van der Waals surface area (Å²) in [6.45, 7) is 12.3. The van der Waals surface area contributed by atoms with Crippen LogP contribution < -0.4 is 4.74 Å². The molecule has 0 bridgehead atoms. The number of benzene rings is 2. The van der Waals surface area contributed by atoms with E-state index in [1.54, 1.807) is 25.3 Å². The van der Waals surface area contributed by atoms with Crippen molar-refractivity contribution in [2.45, 2.75) is 128 Å². The average molecular weight is 724 g/mol. The number of carbonyl (C=O) groups is 3. The average Bonchev–Trinajstić information content (AvgIpc) is 4.04. The predicted octanol–water partition coefficient (Wildman–Crippen LogP) is 7.21. The molecule has 2 aliphatic heterocycles. The second kappa shape index (κ2) is 16.3. The Labute approximate surface area is 308 Å². The number of hydrogen-bond acceptors (Lipinski definition) is 7. The lowest BCUT2D eigenvalue weighted by Gasteiger charge is -2.45. The zero-order valence-corrected chi connectivity index (χ0v) is 31.9. The summed E-state index contributed by atoms with van der Waals surface area (Å²) in [5.74, 6) is 0.697. The Morgan fingerprint density at radius 1 is 0.981 bits per heavy atom. The molecule has 4 atom stereocenters. The maximum Gasteiger partial charge on any atom is 0.410 e. The molecule has 2 heterocycles. The van der Waals surface area contributed by atoms with Gasteiger partial charge < -0.3 is 33.6 Å². The molecule has 2 unspecified atom stereocenters. The molecule has 286 valence electrons. The number of likely N-dealkylation sites (tertiary alicyclic amines) is 1. The molecule has 3 amide bonds. The van der Waals surface area contributed by atoms with Crippen LogP contribution in [0.2, 0.25) is 0 Å². The van der Waals surface area contributed by atoms with Crippen LogP contribution in [0.3, 0.4) is 0 Å². The first-order valence-corrected chi connectivity index (χ1v) is 19.4. The number of fused-ring (bicyclic) bond motifs is 1. The Morgan fingerprint density at radius 3 is 2.38 bits per heavy atom. The SMILES string of the molecule is COCCCOc1cc(C(=O)N(C(C)C)[C@@H]2CC[C@H](C3CC3N(C(=O)CC3CCOCC3)C3CC3)N(C(=O)OC(C)(C)C)C2)cc2ccc(F)cc12. The zero-order valence-electron chi connectivity index (χ0n) is 31.9. The third-order valence-corrected chi connectivity index (χ3v) is 11.0. The Balaban J connectivity index is 1.22. The summed E-state index contributed by atoms with van der Waals surface area (Å²) in [4.78, 5) is 48.1. The Bertz CT molecular complexity index is 1580. The topological polar surface area (TPSA) is 97.9 Å². The highest BCUT2D eigenvalue weighted by molar-refractivity contribution is 6.01. The lowest BCUT2D eigenvalue weighted by molar-refractivity contribution is -0.134. The third kappa shape index (κ3) is 9.19. The van der Waals surface area contributed by atoms with Crippen molar-refractivity contribution in [3.63, 3.8) is 0 Å². The highest BCUT2D eigenvalue weighted by atomic mass is 19.1. The molecular weight excluding hydrogens is 665 g/mol. The first kappa shape index (κ1) is 38.3. The van der Waals surface area contributed by atoms with Crippen molar-refractivity contribution in [3.05, 3.63) is 41.7 Å². The lowest BCUT2D eigenvalue weighted by Crippen LogP contribution is -2.58. The molecule has 52 heavy (non-hydrogen) atoms. The molecule has 2 aliphatic carbocycles. The maximum atomic E-state index is 14.5. The van der Waals surface area contributed by atoms with Gasteiger partial charge in [-0.2, -0.15) is 0 Å². The molecular formula is C41H58FN3O7. The van der Waals surface area contributed by atoms with Gasteiger partial charge in [0.1, 0.15) is 17.2 Å². The van der Waals surface area contributed by atoms with E-state index in [1.165, 1.54) is 12.1 Å². The Hall–Kier alpha value is -3.44. The molecule has 0 aromatic heterocycles. The molecule has 2 saturated carbocycles. The first-order chi connectivity index (χ1) is 24.8. The van der Waals surface area contributed by atoms with E-state index in [-0.39, 0.29) is 53.8 Å². The molecule has 11 heteroatoms. The van der Waals surface area contributed by atoms with Crippen LogP contribution in [-0.4, -0.2) is 108 Å². The van der Waals surface area contributed by atoms with Gasteiger partial charge >= 0.3 is 6.09 Å². The maximum absolute atomic E-state index is 14.5. The van der Waals surface area contributed by atoms with Crippen LogP contribution in [0.1, 0.15) is 103 Å². The minimum Gasteiger partial charge on any atom is -0.493 e. The Morgan fingerprint density at radius 2 is 1.71 bits per heavy atom. The number of carbonyl (C=O) groups excluding carboxylic acids is 3. The van der Waals surface area contributed by atoms with E-state index in [0.29, 0.717) is 73.1 Å². The summed E-state index contributed by atoms with van der Waals surface area (Å²) in [6, 6.07) is 7.93. The number of halogens is 1. The van der Waals surface area contributed by atoms with Crippen molar-refractivity contribution >= 4 is 28.7 Å². The summed E-state index contributed by atoms with van der Waals surface area (Å²) >= 11 is 0. The molecule has 10 nitrogen and oxygen atoms in total. The monoisotopic (exact) mass is 723 g/mol. The molecule has 0 spiro atoms. The van der Waals surface area contributed by atoms with Crippen LogP contribution in [0.25, 0.3) is 10.8 Å². The van der Waals surface area contributed by atoms with E-state index in [9.17, 15) is 18.8 Å². The minimum atomic E-state index is -0.685. The van der Waals surface area contributed by atoms with E-state index < -0.39 is 5.60 Å². The second-order valence-electron chi connectivity index (χ2n) is 16.5. The number of piperidine rings is 1. The highest BCUT2D eigenvalue weighted by Crippen LogP contribution is 2.48. The van der Waals surface area contributed by atoms with Crippen molar-refractivity contribution < 1.29 is 37.7 Å². The summed E-state index contributed by atoms with van der Waals surface area (Å²) in [5.41, 5.74) is -0.236. The zero-order chi connectivity index (χ0) is 37.2. The molecule has 4 aliphatic rings. The van der Waals surface area contributed by atoms with Gasteiger partial charge in [0.25, 0.3) is 5.91 Å². The number of methoxy groups -OCH3 is 1. The van der Waals surface area contributed by atoms with Gasteiger partial charge in [0.15, 0.2) is 0 Å². The van der Waals surface area contributed by atoms with Gasteiger partial charge in [0.05, 0.1) is 12.6 Å². The van der Waals surface area contributed by atoms with Gasteiger partial charge in [-0.15, -0.1) is 0 Å². The fraction of sp³-hybridized carbons (Fsp3) is 0.683. The van der Waals surface area contributed by atoms with E-state index in [4.69, 9.17) is 18.9 Å². The number of rotatable bonds is 13. The van der Waals surface area contributed by atoms with Gasteiger partial charge in [-0.1, -0.05) is 6.07 Å². The largest absolute Gasteiger partial charge is 0.493 e. The van der Waals surface area contributed by atoms with Gasteiger partial charge in [-0.25, -0.2) is 9.18 Å². The summed E-state index contributed by atoms with van der Waals surface area (Å²) in [6.07, 6.45) is 7.09. The lowest BCUT2D eigenvalue weighted by atomic mass is 9.92. The van der Waals surface area contributed by atoms with Crippen molar-refractivity contribution in [3.8, 4) is 5.75 Å². The van der Waals surface area contributed by atoms with E-state index in [0.717, 1.165) is 51.7 Å². The summed E-state index contributed by atoms with van der Waals surface area (Å²) in [5, 5.41) is 1.32. The third-order valence-electron chi connectivity index (χ3n) is 11.0. The summed E-state index contributed by atoms with van der Waals surface area (Å²) in [7, 11) is 1.63. The summed E-state index contributed by atoms with van der Waals surface area (Å²) < 4.78 is 37.1. The molecule has 4 fully saturated rings. The highest BCUT2D eigenvalue weighted by Gasteiger charge is 2.55. The van der Waals surface area contributed by atoms with Gasteiger partial charge in [0.2, 0.25) is 5.91 Å². The van der Waals surface area contributed by atoms with Crippen molar-refractivity contribution in [1.29, 1.82) is 0 Å². The Kier molecular flexibility index (Phi) is 12.0. The number of amides is 3. The molecule has 2 saturated heterocycles. The quantitative estimate of drug-likeness (QED) is 0.202. The van der Waals surface area contributed by atoms with Crippen molar-refractivity contribution in [2.24, 2.45) is 11.8 Å². The number of hydrogen-bond donors (Lipinski definition) is 0. The fourth-order valence-electron chi connectivity index (χ4n) is 8.32. The molecule has 2 aromatic rings. The van der Waals surface area contributed by atoms with Gasteiger partial charge in [0, 0.05) is 87.4 Å². The van der Waals surface area contributed by atoms with Gasteiger partial charge in [-0.3, -0.25) is 9.59 Å². The van der Waals surface area contributed by atoms with E-state index in [1.807, 2.05) is 44.4 Å². The predicted molar refractivity (Wildman–Crippen MR) is 197 cm³/mol. The standard InChI is InChI=1S/C41H58FN3O7/c1-26(2)44(39(47)29-21-28-8-9-30(42)23-33(28)37(22-29)51-17-7-16-49-6)32-12-13-35(43(25-32)40(48)52-41(3,4)5)34-24-36(34)45(31-10-11-31)38(46)20-27-14-18-50-19-15-27/h8-9,21-23,26-27,31-32,34-36H,7,10-20,24-25H2,1-6H3/t32-,34?,35-,36?/m1/s1. The molecule has 0 radical (unpaired) electrons. The normalized spacial score (nSPS) is 23.8. The second-order valence-corrected chi connectivity index (χ2v) is 16.5. The fourth-order valence-corrected chi connectivity index (χ4v) is 8.32. The first-order valence-electron chi connectivity index (χ1n) is 19.4. The van der Waals surface area contributed by atoms with Crippen LogP contribution in [0.15, 0.2) is 30.3 Å². The van der Waals surface area contributed by atoms with Crippen LogP contribution in [0.5, 0.6) is 5.75 Å². The van der Waals surface area contributed by atoms with Crippen LogP contribution in [0, 0.1) is 17.7 Å². The number of nitrogens with zero attached hydrogens (tertiary/aromatic N) is 3. The van der Waals surface area contributed by atoms with Crippen LogP contribution >= 0.6 is 0 Å². The van der Waals surface area contributed by atoms with E-state index in [2.05, 4.69) is 4.90 Å². The van der Waals surface area contributed by atoms with Crippen LogP contribution in [-0.2, 0) is 19.0 Å². The van der Waals surface area contributed by atoms with Crippen molar-refractivity contribution in [2.75, 3.05) is 40.1 Å². The van der Waals surface area contributed by atoms with E-state index >= 15 is 0 Å². The molecule has 2 aromatic carbocycles. The minimum absolute atomic E-state index is 0.0833. The molecule has 6 rings (SSSR count).